The lowest BCUT2D eigenvalue weighted by atomic mass is 10.0. The zero-order valence-corrected chi connectivity index (χ0v) is 19.8. The van der Waals surface area contributed by atoms with E-state index >= 15 is 0 Å². The molecule has 0 unspecified atom stereocenters. The predicted molar refractivity (Wildman–Crippen MR) is 130 cm³/mol. The van der Waals surface area contributed by atoms with Gasteiger partial charge in [0.15, 0.2) is 0 Å². The smallest absolute Gasteiger partial charge is 0.341 e. The first-order chi connectivity index (χ1) is 15.3. The van der Waals surface area contributed by atoms with Crippen LogP contribution in [0.2, 0.25) is 10.0 Å². The maximum absolute atomic E-state index is 13.4. The van der Waals surface area contributed by atoms with Gasteiger partial charge in [0.2, 0.25) is 0 Å². The fourth-order valence-electron chi connectivity index (χ4n) is 3.43. The van der Waals surface area contributed by atoms with Gasteiger partial charge < -0.3 is 10.1 Å². The molecule has 4 rings (SSSR count). The van der Waals surface area contributed by atoms with E-state index in [1.165, 1.54) is 18.4 Å². The molecule has 0 aliphatic carbocycles. The summed E-state index contributed by atoms with van der Waals surface area (Å²) in [6, 6.07) is 14.2. The van der Waals surface area contributed by atoms with Gasteiger partial charge in [-0.3, -0.25) is 4.79 Å². The Balaban J connectivity index is 1.83. The number of aromatic nitrogens is 1. The van der Waals surface area contributed by atoms with Gasteiger partial charge in [-0.05, 0) is 49.7 Å². The number of anilines is 1. The molecule has 0 aliphatic heterocycles. The van der Waals surface area contributed by atoms with Gasteiger partial charge in [-0.1, -0.05) is 41.4 Å². The number of aryl methyl sites for hydroxylation is 1. The molecule has 32 heavy (non-hydrogen) atoms. The number of halogens is 2. The largest absolute Gasteiger partial charge is 0.465 e. The van der Waals surface area contributed by atoms with Crippen molar-refractivity contribution in [3.8, 4) is 11.3 Å². The van der Waals surface area contributed by atoms with Crippen LogP contribution in [0.15, 0.2) is 48.5 Å². The van der Waals surface area contributed by atoms with E-state index in [4.69, 9.17) is 27.9 Å². The number of nitrogens with one attached hydrogen (secondary N) is 1. The fourth-order valence-corrected chi connectivity index (χ4v) is 4.98. The van der Waals surface area contributed by atoms with Crippen molar-refractivity contribution in [3.63, 3.8) is 0 Å². The highest BCUT2D eigenvalue weighted by Crippen LogP contribution is 2.35. The first-order valence-corrected chi connectivity index (χ1v) is 11.2. The third-order valence-electron chi connectivity index (χ3n) is 5.17. The van der Waals surface area contributed by atoms with E-state index in [1.54, 1.807) is 24.3 Å². The lowest BCUT2D eigenvalue weighted by Crippen LogP contribution is -2.15. The number of para-hydroxylation sites is 1. The van der Waals surface area contributed by atoms with Crippen LogP contribution in [0.5, 0.6) is 0 Å². The van der Waals surface area contributed by atoms with E-state index in [-0.39, 0.29) is 5.91 Å². The molecule has 2 heterocycles. The zero-order valence-electron chi connectivity index (χ0n) is 17.5. The number of amides is 1. The lowest BCUT2D eigenvalue weighted by Gasteiger charge is -2.12. The number of hydrogen-bond donors (Lipinski definition) is 1. The van der Waals surface area contributed by atoms with Gasteiger partial charge in [-0.25, -0.2) is 9.78 Å². The number of ether oxygens (including phenoxy) is 1. The first-order valence-electron chi connectivity index (χ1n) is 9.65. The molecule has 4 aromatic rings. The Labute approximate surface area is 199 Å². The van der Waals surface area contributed by atoms with E-state index in [0.29, 0.717) is 48.3 Å². The van der Waals surface area contributed by atoms with Crippen molar-refractivity contribution in [1.82, 2.24) is 4.98 Å². The summed E-state index contributed by atoms with van der Waals surface area (Å²) < 4.78 is 4.91. The van der Waals surface area contributed by atoms with E-state index in [0.717, 1.165) is 10.4 Å². The molecule has 2 aromatic heterocycles. The summed E-state index contributed by atoms with van der Waals surface area (Å²) in [7, 11) is 1.32. The van der Waals surface area contributed by atoms with Crippen LogP contribution in [-0.2, 0) is 4.74 Å². The van der Waals surface area contributed by atoms with Gasteiger partial charge in [-0.15, -0.1) is 11.3 Å². The predicted octanol–water partition coefficient (Wildman–Crippen LogP) is 6.93. The number of methoxy groups -OCH3 is 1. The van der Waals surface area contributed by atoms with Crippen LogP contribution in [0.4, 0.5) is 5.00 Å². The first kappa shape index (κ1) is 22.3. The Kier molecular flexibility index (Phi) is 6.20. The third-order valence-corrected chi connectivity index (χ3v) is 6.84. The minimum absolute atomic E-state index is 0.360. The second-order valence-electron chi connectivity index (χ2n) is 7.13. The van der Waals surface area contributed by atoms with E-state index in [1.807, 2.05) is 38.1 Å². The molecule has 2 aromatic carbocycles. The summed E-state index contributed by atoms with van der Waals surface area (Å²) in [5.74, 6) is -0.850. The molecule has 0 fully saturated rings. The van der Waals surface area contributed by atoms with Crippen LogP contribution in [0, 0.1) is 13.8 Å². The molecule has 0 aliphatic rings. The summed E-state index contributed by atoms with van der Waals surface area (Å²) in [6.07, 6.45) is 0. The summed E-state index contributed by atoms with van der Waals surface area (Å²) in [6.45, 7) is 3.72. The standard InChI is InChI=1S/C24H18Cl2N2O3S/c1-12-13(2)32-23(21(12)24(30)31-3)28-22(29)17-11-20(16-9-8-14(25)10-18(16)26)27-19-7-5-4-6-15(17)19/h4-11H,1-3H3,(H,28,29). The second kappa shape index (κ2) is 8.90. The summed E-state index contributed by atoms with van der Waals surface area (Å²) in [5, 5.41) is 4.97. The topological polar surface area (TPSA) is 68.3 Å². The van der Waals surface area contributed by atoms with Gasteiger partial charge in [0, 0.05) is 20.8 Å². The van der Waals surface area contributed by atoms with Crippen molar-refractivity contribution in [1.29, 1.82) is 0 Å². The van der Waals surface area contributed by atoms with Gasteiger partial charge >= 0.3 is 5.97 Å². The maximum Gasteiger partial charge on any atom is 0.341 e. The Morgan fingerprint density at radius 1 is 1.06 bits per heavy atom. The Morgan fingerprint density at radius 2 is 1.81 bits per heavy atom. The minimum Gasteiger partial charge on any atom is -0.465 e. The van der Waals surface area contributed by atoms with Crippen LogP contribution in [0.1, 0.15) is 31.2 Å². The molecule has 162 valence electrons. The normalized spacial score (nSPS) is 10.9. The number of hydrogen-bond acceptors (Lipinski definition) is 5. The molecular formula is C24H18Cl2N2O3S. The fraction of sp³-hybridized carbons (Fsp3) is 0.125. The van der Waals surface area contributed by atoms with E-state index in [9.17, 15) is 9.59 Å². The number of thiophene rings is 1. The van der Waals surface area contributed by atoms with Gasteiger partial charge in [-0.2, -0.15) is 0 Å². The number of nitrogens with zero attached hydrogens (tertiary/aromatic N) is 1. The number of carbonyl (C=O) groups excluding carboxylic acids is 2. The quantitative estimate of drug-likeness (QED) is 0.319. The van der Waals surface area contributed by atoms with Crippen molar-refractivity contribution in [2.45, 2.75) is 13.8 Å². The lowest BCUT2D eigenvalue weighted by molar-refractivity contribution is 0.0601. The molecular weight excluding hydrogens is 467 g/mol. The molecule has 0 radical (unpaired) electrons. The number of benzene rings is 2. The van der Waals surface area contributed by atoms with Crippen LogP contribution in [0.25, 0.3) is 22.2 Å². The monoisotopic (exact) mass is 484 g/mol. The maximum atomic E-state index is 13.4. The summed E-state index contributed by atoms with van der Waals surface area (Å²) in [4.78, 5) is 31.3. The number of rotatable bonds is 4. The molecule has 1 amide bonds. The van der Waals surface area contributed by atoms with Crippen LogP contribution < -0.4 is 5.32 Å². The number of fused-ring (bicyclic) bond motifs is 1. The van der Waals surface area contributed by atoms with E-state index in [2.05, 4.69) is 10.3 Å². The Hall–Kier alpha value is -2.93. The number of carbonyl (C=O) groups is 2. The van der Waals surface area contributed by atoms with E-state index < -0.39 is 5.97 Å². The average Bonchev–Trinajstić information content (AvgIpc) is 3.05. The van der Waals surface area contributed by atoms with Crippen molar-refractivity contribution in [2.24, 2.45) is 0 Å². The van der Waals surface area contributed by atoms with Crippen molar-refractivity contribution >= 4 is 62.3 Å². The van der Waals surface area contributed by atoms with Crippen molar-refractivity contribution in [2.75, 3.05) is 12.4 Å². The molecule has 5 nitrogen and oxygen atoms in total. The highest BCUT2D eigenvalue weighted by atomic mass is 35.5. The molecule has 8 heteroatoms. The van der Waals surface area contributed by atoms with Gasteiger partial charge in [0.1, 0.15) is 5.00 Å². The molecule has 0 saturated heterocycles. The average molecular weight is 485 g/mol. The Bertz CT molecular complexity index is 1380. The van der Waals surface area contributed by atoms with Gasteiger partial charge in [0.25, 0.3) is 5.91 Å². The van der Waals surface area contributed by atoms with Gasteiger partial charge in [0.05, 0.1) is 34.5 Å². The SMILES string of the molecule is COC(=O)c1c(NC(=O)c2cc(-c3ccc(Cl)cc3Cl)nc3ccccc23)sc(C)c1C. The second-order valence-corrected chi connectivity index (χ2v) is 9.20. The summed E-state index contributed by atoms with van der Waals surface area (Å²) >= 11 is 13.8. The number of esters is 1. The molecule has 1 N–H and O–H groups in total. The van der Waals surface area contributed by atoms with Crippen LogP contribution >= 0.6 is 34.5 Å². The highest BCUT2D eigenvalue weighted by Gasteiger charge is 2.23. The molecule has 0 spiro atoms. The molecule has 0 saturated carbocycles. The Morgan fingerprint density at radius 3 is 2.53 bits per heavy atom. The van der Waals surface area contributed by atoms with Crippen LogP contribution in [0.3, 0.4) is 0 Å². The van der Waals surface area contributed by atoms with Crippen LogP contribution in [-0.4, -0.2) is 24.0 Å². The van der Waals surface area contributed by atoms with Crippen molar-refractivity contribution < 1.29 is 14.3 Å². The highest BCUT2D eigenvalue weighted by molar-refractivity contribution is 7.16. The summed E-state index contributed by atoms with van der Waals surface area (Å²) in [5.41, 5.74) is 3.41. The third kappa shape index (κ3) is 4.09. The number of pyridine rings is 1. The molecule has 0 atom stereocenters. The minimum atomic E-state index is -0.490. The zero-order chi connectivity index (χ0) is 23.0. The van der Waals surface area contributed by atoms with Crippen molar-refractivity contribution in [3.05, 3.63) is 80.1 Å². The molecule has 0 bridgehead atoms.